The minimum atomic E-state index is -3.98. The molecular formula is C20H25BrN8O4S3. The number of aromatic nitrogens is 4. The highest BCUT2D eigenvalue weighted by Gasteiger charge is 2.24. The van der Waals surface area contributed by atoms with E-state index in [0.29, 0.717) is 26.8 Å². The standard InChI is InChI=1S/C20H25BrN8O4S3/c1-11(20(3,4)31)23-16-15(21)10-22-17(26-16)25-13-6-8-14(9-7-13)35(5)29-36(32,33)19-28-27-18(34-19)24-12(2)30/h6-11,29,31H,5H2,1-4H3,(H,24,27,30)(H2,22,23,25,26)/t11-,35?/m1/s1. The number of benzene rings is 1. The van der Waals surface area contributed by atoms with Gasteiger partial charge in [0.25, 0.3) is 10.0 Å². The second kappa shape index (κ2) is 11.3. The number of halogens is 1. The first-order valence-corrected chi connectivity index (χ1v) is 14.8. The fourth-order valence-electron chi connectivity index (χ4n) is 2.48. The summed E-state index contributed by atoms with van der Waals surface area (Å²) in [5.41, 5.74) is -0.281. The molecule has 0 radical (unpaired) electrons. The van der Waals surface area contributed by atoms with E-state index in [-0.39, 0.29) is 21.4 Å². The van der Waals surface area contributed by atoms with Gasteiger partial charge < -0.3 is 21.1 Å². The number of aliphatic hydroxyl groups is 1. The number of nitrogens with zero attached hydrogens (tertiary/aromatic N) is 4. The van der Waals surface area contributed by atoms with Crippen molar-refractivity contribution in [2.45, 2.75) is 48.6 Å². The summed E-state index contributed by atoms with van der Waals surface area (Å²) < 4.78 is 28.1. The molecule has 3 aromatic rings. The zero-order valence-electron chi connectivity index (χ0n) is 19.7. The van der Waals surface area contributed by atoms with Crippen LogP contribution >= 0.6 is 37.9 Å². The Bertz CT molecular complexity index is 1370. The third kappa shape index (κ3) is 7.50. The van der Waals surface area contributed by atoms with Crippen LogP contribution in [0.3, 0.4) is 0 Å². The van der Waals surface area contributed by atoms with E-state index in [9.17, 15) is 18.3 Å². The molecule has 16 heteroatoms. The molecular weight excluding hydrogens is 592 g/mol. The van der Waals surface area contributed by atoms with Crippen LogP contribution in [0.15, 0.2) is 44.2 Å². The van der Waals surface area contributed by atoms with E-state index in [1.165, 1.54) is 6.92 Å². The minimum absolute atomic E-state index is 0.0882. The predicted octanol–water partition coefficient (Wildman–Crippen LogP) is 3.32. The van der Waals surface area contributed by atoms with Crippen LogP contribution in [0.2, 0.25) is 0 Å². The maximum atomic E-state index is 12.6. The first-order chi connectivity index (χ1) is 16.7. The third-order valence-corrected chi connectivity index (χ3v) is 9.87. The Hall–Kier alpha value is -2.50. The number of rotatable bonds is 10. The van der Waals surface area contributed by atoms with Crippen LogP contribution < -0.4 is 20.1 Å². The van der Waals surface area contributed by atoms with Gasteiger partial charge in [-0.05, 0) is 61.0 Å². The van der Waals surface area contributed by atoms with Gasteiger partial charge in [-0.2, -0.15) is 9.11 Å². The van der Waals surface area contributed by atoms with E-state index in [1.54, 1.807) is 44.3 Å². The molecule has 0 aliphatic carbocycles. The molecule has 0 aliphatic heterocycles. The van der Waals surface area contributed by atoms with Crippen LogP contribution in [-0.2, 0) is 14.8 Å². The number of nitrogens with one attached hydrogen (secondary N) is 4. The van der Waals surface area contributed by atoms with Crippen molar-refractivity contribution in [3.63, 3.8) is 0 Å². The summed E-state index contributed by atoms with van der Waals surface area (Å²) >= 11 is 4.15. The van der Waals surface area contributed by atoms with Gasteiger partial charge in [0.2, 0.25) is 21.3 Å². The fraction of sp³-hybridized carbons (Fsp3) is 0.300. The van der Waals surface area contributed by atoms with Crippen molar-refractivity contribution in [2.75, 3.05) is 16.0 Å². The topological polar surface area (TPSA) is 171 Å². The normalized spacial score (nSPS) is 13.6. The summed E-state index contributed by atoms with van der Waals surface area (Å²) in [4.78, 5) is 20.4. The SMILES string of the molecule is C=S(NS(=O)(=O)c1nnc(NC(C)=O)s1)c1ccc(Nc2ncc(Br)c(N[C@H](C)C(C)(C)O)n2)cc1. The number of anilines is 4. The molecule has 0 saturated carbocycles. The molecule has 194 valence electrons. The van der Waals surface area contributed by atoms with E-state index in [2.05, 4.69) is 62.0 Å². The van der Waals surface area contributed by atoms with Crippen LogP contribution in [0.25, 0.3) is 0 Å². The second-order valence-electron chi connectivity index (χ2n) is 8.09. The lowest BCUT2D eigenvalue weighted by atomic mass is 10.0. The van der Waals surface area contributed by atoms with Crippen molar-refractivity contribution in [3.8, 4) is 0 Å². The van der Waals surface area contributed by atoms with E-state index in [1.807, 2.05) is 6.92 Å². The average Bonchev–Trinajstić information content (AvgIpc) is 3.24. The highest BCUT2D eigenvalue weighted by Crippen LogP contribution is 2.29. The molecule has 1 unspecified atom stereocenters. The zero-order chi connectivity index (χ0) is 26.7. The molecule has 2 aromatic heterocycles. The van der Waals surface area contributed by atoms with Crippen molar-refractivity contribution in [1.82, 2.24) is 24.3 Å². The molecule has 0 bridgehead atoms. The Morgan fingerprint density at radius 2 is 1.92 bits per heavy atom. The third-order valence-electron chi connectivity index (χ3n) is 4.68. The number of hydrogen-bond donors (Lipinski definition) is 5. The molecule has 0 aliphatic rings. The predicted molar refractivity (Wildman–Crippen MR) is 146 cm³/mol. The van der Waals surface area contributed by atoms with E-state index >= 15 is 0 Å². The number of amides is 1. The summed E-state index contributed by atoms with van der Waals surface area (Å²) in [5.74, 6) is 4.37. The molecule has 1 aromatic carbocycles. The maximum absolute atomic E-state index is 12.6. The molecule has 5 N–H and O–H groups in total. The van der Waals surface area contributed by atoms with Crippen molar-refractivity contribution >= 4 is 82.3 Å². The Kier molecular flexibility index (Phi) is 8.79. The zero-order valence-corrected chi connectivity index (χ0v) is 23.8. The van der Waals surface area contributed by atoms with Crippen LogP contribution in [0.5, 0.6) is 0 Å². The molecule has 12 nitrogen and oxygen atoms in total. The number of hydrogen-bond acceptors (Lipinski definition) is 11. The van der Waals surface area contributed by atoms with E-state index in [0.717, 1.165) is 11.3 Å². The van der Waals surface area contributed by atoms with Gasteiger partial charge in [-0.1, -0.05) is 27.9 Å². The lowest BCUT2D eigenvalue weighted by Crippen LogP contribution is -2.39. The minimum Gasteiger partial charge on any atom is -0.388 e. The molecule has 3 rings (SSSR count). The first kappa shape index (κ1) is 28.1. The fourth-order valence-corrected chi connectivity index (χ4v) is 6.63. The Balaban J connectivity index is 1.68. The highest BCUT2D eigenvalue weighted by molar-refractivity contribution is 9.10. The lowest BCUT2D eigenvalue weighted by molar-refractivity contribution is -0.114. The van der Waals surface area contributed by atoms with Gasteiger partial charge in [-0.25, -0.2) is 13.4 Å². The Morgan fingerprint density at radius 1 is 1.25 bits per heavy atom. The summed E-state index contributed by atoms with van der Waals surface area (Å²) in [5, 5.41) is 26.2. The molecule has 2 heterocycles. The maximum Gasteiger partial charge on any atom is 0.278 e. The van der Waals surface area contributed by atoms with Crippen molar-refractivity contribution in [2.24, 2.45) is 0 Å². The van der Waals surface area contributed by atoms with Gasteiger partial charge in [0.1, 0.15) is 5.82 Å². The smallest absolute Gasteiger partial charge is 0.278 e. The van der Waals surface area contributed by atoms with Gasteiger partial charge in [0.05, 0.1) is 16.1 Å². The monoisotopic (exact) mass is 616 g/mol. The quantitative estimate of drug-likeness (QED) is 0.168. The largest absolute Gasteiger partial charge is 0.388 e. The van der Waals surface area contributed by atoms with E-state index < -0.39 is 26.3 Å². The molecule has 0 spiro atoms. The van der Waals surface area contributed by atoms with Crippen LogP contribution in [0, 0.1) is 0 Å². The van der Waals surface area contributed by atoms with Crippen molar-refractivity contribution in [1.29, 1.82) is 0 Å². The summed E-state index contributed by atoms with van der Waals surface area (Å²) in [6.45, 7) is 6.54. The Morgan fingerprint density at radius 3 is 2.53 bits per heavy atom. The van der Waals surface area contributed by atoms with Crippen LogP contribution in [0.4, 0.5) is 22.6 Å². The number of sulfonamides is 1. The molecule has 1 amide bonds. The van der Waals surface area contributed by atoms with Gasteiger partial charge in [0.15, 0.2) is 0 Å². The summed E-state index contributed by atoms with van der Waals surface area (Å²) in [6.07, 6.45) is 1.59. The first-order valence-electron chi connectivity index (χ1n) is 10.3. The van der Waals surface area contributed by atoms with E-state index in [4.69, 9.17) is 0 Å². The lowest BCUT2D eigenvalue weighted by Gasteiger charge is -2.27. The van der Waals surface area contributed by atoms with Crippen LogP contribution in [0.1, 0.15) is 27.7 Å². The second-order valence-corrected chi connectivity index (χ2v) is 13.5. The molecule has 0 fully saturated rings. The summed E-state index contributed by atoms with van der Waals surface area (Å²) in [7, 11) is -5.10. The Labute approximate surface area is 223 Å². The molecule has 36 heavy (non-hydrogen) atoms. The molecule has 0 saturated heterocycles. The highest BCUT2D eigenvalue weighted by atomic mass is 79.9. The van der Waals surface area contributed by atoms with Crippen molar-refractivity contribution < 1.29 is 18.3 Å². The number of carbonyl (C=O) groups excluding carboxylic acids is 1. The van der Waals surface area contributed by atoms with Gasteiger partial charge in [-0.3, -0.25) is 4.79 Å². The molecule has 2 atom stereocenters. The average molecular weight is 618 g/mol. The van der Waals surface area contributed by atoms with Gasteiger partial charge >= 0.3 is 0 Å². The van der Waals surface area contributed by atoms with Crippen LogP contribution in [-0.4, -0.2) is 57.1 Å². The van der Waals surface area contributed by atoms with Gasteiger partial charge in [0, 0.05) is 23.7 Å². The number of carbonyl (C=O) groups is 1. The van der Waals surface area contributed by atoms with Crippen molar-refractivity contribution in [3.05, 3.63) is 34.9 Å². The van der Waals surface area contributed by atoms with Gasteiger partial charge in [-0.15, -0.1) is 10.2 Å². The summed E-state index contributed by atoms with van der Waals surface area (Å²) in [6, 6.07) is 6.65.